The summed E-state index contributed by atoms with van der Waals surface area (Å²) in [5.74, 6) is 0.535. The van der Waals surface area contributed by atoms with E-state index in [0.717, 1.165) is 34.9 Å². The first-order valence-corrected chi connectivity index (χ1v) is 10.6. The Hall–Kier alpha value is -2.73. The Morgan fingerprint density at radius 2 is 1.89 bits per heavy atom. The van der Waals surface area contributed by atoms with Crippen LogP contribution in [-0.4, -0.2) is 20.4 Å². The van der Waals surface area contributed by atoms with Gasteiger partial charge in [0.25, 0.3) is 0 Å². The summed E-state index contributed by atoms with van der Waals surface area (Å²) < 4.78 is 16.7. The number of halogens is 1. The van der Waals surface area contributed by atoms with Crippen LogP contribution in [0.1, 0.15) is 32.1 Å². The number of aromatic nitrogens is 3. The largest absolute Gasteiger partial charge is 0.367 e. The Bertz CT molecular complexity index is 1100. The molecule has 4 aromatic rings. The van der Waals surface area contributed by atoms with Crippen LogP contribution in [0.2, 0.25) is 0 Å². The maximum atomic E-state index is 14.6. The number of imidazole rings is 1. The van der Waals surface area contributed by atoms with E-state index in [1.54, 1.807) is 23.6 Å². The third-order valence-electron chi connectivity index (χ3n) is 5.41. The normalized spacial score (nSPS) is 15.2. The third kappa shape index (κ3) is 3.07. The standard InChI is InChI=1S/C22H21FN4S/c23-18-13-24-12-11-17(18)20-21(25-16-9-5-2-6-10-16)27-19(14-28-22(27)26-20)15-7-3-1-4-8-15/h1,3-4,7-8,11-14,16,25H,2,5-6,9-10H2. The summed E-state index contributed by atoms with van der Waals surface area (Å²) in [7, 11) is 0. The second-order valence-electron chi connectivity index (χ2n) is 7.25. The highest BCUT2D eigenvalue weighted by Crippen LogP contribution is 2.38. The van der Waals surface area contributed by atoms with E-state index in [9.17, 15) is 4.39 Å². The molecule has 1 N–H and O–H groups in total. The number of hydrogen-bond donors (Lipinski definition) is 1. The van der Waals surface area contributed by atoms with Crippen LogP contribution in [0.3, 0.4) is 0 Å². The molecule has 142 valence electrons. The number of thiazole rings is 1. The van der Waals surface area contributed by atoms with E-state index in [2.05, 4.69) is 32.2 Å². The molecule has 1 fully saturated rings. The minimum Gasteiger partial charge on any atom is -0.367 e. The van der Waals surface area contributed by atoms with E-state index in [1.165, 1.54) is 25.5 Å². The zero-order valence-corrected chi connectivity index (χ0v) is 16.3. The molecule has 6 heteroatoms. The molecule has 0 aliphatic heterocycles. The van der Waals surface area contributed by atoms with Crippen LogP contribution in [-0.2, 0) is 0 Å². The van der Waals surface area contributed by atoms with Gasteiger partial charge in [0.1, 0.15) is 11.5 Å². The average Bonchev–Trinajstić information content (AvgIpc) is 3.30. The molecule has 1 aromatic carbocycles. The number of pyridine rings is 1. The highest BCUT2D eigenvalue weighted by molar-refractivity contribution is 7.15. The molecule has 4 nitrogen and oxygen atoms in total. The fourth-order valence-corrected chi connectivity index (χ4v) is 4.90. The van der Waals surface area contributed by atoms with Crippen molar-refractivity contribution in [2.45, 2.75) is 38.1 Å². The lowest BCUT2D eigenvalue weighted by Gasteiger charge is -2.24. The zero-order valence-electron chi connectivity index (χ0n) is 15.4. The van der Waals surface area contributed by atoms with E-state index in [4.69, 9.17) is 4.98 Å². The Morgan fingerprint density at radius 1 is 1.07 bits per heavy atom. The molecule has 0 amide bonds. The smallest absolute Gasteiger partial charge is 0.196 e. The van der Waals surface area contributed by atoms with Crippen molar-refractivity contribution in [1.82, 2.24) is 14.4 Å². The van der Waals surface area contributed by atoms with Gasteiger partial charge in [0.15, 0.2) is 10.8 Å². The number of benzene rings is 1. The van der Waals surface area contributed by atoms with Gasteiger partial charge in [-0.05, 0) is 24.5 Å². The fourth-order valence-electron chi connectivity index (χ4n) is 4.00. The zero-order chi connectivity index (χ0) is 18.9. The summed E-state index contributed by atoms with van der Waals surface area (Å²) in [5, 5.41) is 5.84. The molecule has 3 aromatic heterocycles. The van der Waals surface area contributed by atoms with Gasteiger partial charge in [-0.25, -0.2) is 9.37 Å². The van der Waals surface area contributed by atoms with Gasteiger partial charge in [0.2, 0.25) is 0 Å². The van der Waals surface area contributed by atoms with E-state index < -0.39 is 0 Å². The first kappa shape index (κ1) is 17.4. The predicted octanol–water partition coefficient (Wildman–Crippen LogP) is 6.01. The van der Waals surface area contributed by atoms with Crippen LogP contribution >= 0.6 is 11.3 Å². The Labute approximate surface area is 167 Å². The molecule has 0 radical (unpaired) electrons. The highest BCUT2D eigenvalue weighted by atomic mass is 32.1. The van der Waals surface area contributed by atoms with Crippen molar-refractivity contribution in [3.05, 3.63) is 60.0 Å². The molecule has 1 aliphatic rings. The molecule has 5 rings (SSSR count). The lowest BCUT2D eigenvalue weighted by atomic mass is 9.95. The van der Waals surface area contributed by atoms with Gasteiger partial charge in [-0.3, -0.25) is 9.38 Å². The number of rotatable bonds is 4. The van der Waals surface area contributed by atoms with Gasteiger partial charge in [-0.1, -0.05) is 49.6 Å². The molecule has 0 saturated heterocycles. The minimum absolute atomic E-state index is 0.346. The van der Waals surface area contributed by atoms with Gasteiger partial charge in [0, 0.05) is 23.2 Å². The molecule has 0 bridgehead atoms. The summed E-state index contributed by atoms with van der Waals surface area (Å²) >= 11 is 1.58. The summed E-state index contributed by atoms with van der Waals surface area (Å²) in [6.07, 6.45) is 8.90. The molecule has 28 heavy (non-hydrogen) atoms. The maximum absolute atomic E-state index is 14.6. The monoisotopic (exact) mass is 392 g/mol. The van der Waals surface area contributed by atoms with Crippen molar-refractivity contribution < 1.29 is 4.39 Å². The first-order valence-electron chi connectivity index (χ1n) is 9.73. The van der Waals surface area contributed by atoms with Crippen molar-refractivity contribution in [3.8, 4) is 22.5 Å². The lowest BCUT2D eigenvalue weighted by Crippen LogP contribution is -2.23. The predicted molar refractivity (Wildman–Crippen MR) is 112 cm³/mol. The Balaban J connectivity index is 1.70. The lowest BCUT2D eigenvalue weighted by molar-refractivity contribution is 0.462. The second kappa shape index (κ2) is 7.36. The highest BCUT2D eigenvalue weighted by Gasteiger charge is 2.24. The number of nitrogens with one attached hydrogen (secondary N) is 1. The topological polar surface area (TPSA) is 42.2 Å². The van der Waals surface area contributed by atoms with Crippen LogP contribution < -0.4 is 5.32 Å². The van der Waals surface area contributed by atoms with Gasteiger partial charge in [-0.15, -0.1) is 11.3 Å². The van der Waals surface area contributed by atoms with Crippen LogP contribution in [0.15, 0.2) is 54.2 Å². The molecule has 1 saturated carbocycles. The van der Waals surface area contributed by atoms with E-state index in [1.807, 2.05) is 18.2 Å². The number of fused-ring (bicyclic) bond motifs is 1. The average molecular weight is 393 g/mol. The molecular formula is C22H21FN4S. The maximum Gasteiger partial charge on any atom is 0.196 e. The molecule has 0 spiro atoms. The van der Waals surface area contributed by atoms with E-state index in [0.29, 0.717) is 17.3 Å². The summed E-state index contributed by atoms with van der Waals surface area (Å²) in [6, 6.07) is 12.4. The van der Waals surface area contributed by atoms with Gasteiger partial charge in [-0.2, -0.15) is 0 Å². The quantitative estimate of drug-likeness (QED) is 0.462. The molecule has 0 unspecified atom stereocenters. The van der Waals surface area contributed by atoms with Gasteiger partial charge in [0.05, 0.1) is 11.9 Å². The van der Waals surface area contributed by atoms with Crippen LogP contribution in [0, 0.1) is 5.82 Å². The Morgan fingerprint density at radius 3 is 2.68 bits per heavy atom. The van der Waals surface area contributed by atoms with Crippen molar-refractivity contribution in [3.63, 3.8) is 0 Å². The molecule has 3 heterocycles. The Kier molecular flexibility index (Phi) is 4.56. The minimum atomic E-state index is -0.346. The summed E-state index contributed by atoms with van der Waals surface area (Å²) in [4.78, 5) is 9.57. The third-order valence-corrected chi connectivity index (χ3v) is 6.23. The summed E-state index contributed by atoms with van der Waals surface area (Å²) in [5.41, 5.74) is 3.35. The fraction of sp³-hybridized carbons (Fsp3) is 0.273. The van der Waals surface area contributed by atoms with Crippen molar-refractivity contribution in [2.75, 3.05) is 5.32 Å². The first-order chi connectivity index (χ1) is 13.8. The van der Waals surface area contributed by atoms with Crippen molar-refractivity contribution in [2.24, 2.45) is 0 Å². The van der Waals surface area contributed by atoms with Crippen LogP contribution in [0.5, 0.6) is 0 Å². The van der Waals surface area contributed by atoms with Crippen molar-refractivity contribution >= 4 is 22.1 Å². The molecule has 0 atom stereocenters. The number of hydrogen-bond acceptors (Lipinski definition) is 4. The van der Waals surface area contributed by atoms with Crippen molar-refractivity contribution in [1.29, 1.82) is 0 Å². The van der Waals surface area contributed by atoms with Crippen LogP contribution in [0.4, 0.5) is 10.2 Å². The number of anilines is 1. The van der Waals surface area contributed by atoms with E-state index >= 15 is 0 Å². The van der Waals surface area contributed by atoms with Crippen LogP contribution in [0.25, 0.3) is 27.5 Å². The van der Waals surface area contributed by atoms with Gasteiger partial charge >= 0.3 is 0 Å². The SMILES string of the molecule is Fc1cnccc1-c1nc2scc(-c3ccccc3)n2c1NC1CCCCC1. The second-order valence-corrected chi connectivity index (χ2v) is 8.09. The number of nitrogens with zero attached hydrogens (tertiary/aromatic N) is 3. The molecular weight excluding hydrogens is 371 g/mol. The van der Waals surface area contributed by atoms with Gasteiger partial charge < -0.3 is 5.32 Å². The summed E-state index contributed by atoms with van der Waals surface area (Å²) in [6.45, 7) is 0. The van der Waals surface area contributed by atoms with E-state index in [-0.39, 0.29) is 5.82 Å². The molecule has 1 aliphatic carbocycles.